The van der Waals surface area contributed by atoms with Crippen LogP contribution < -0.4 is 0 Å². The maximum Gasteiger partial charge on any atom is 0.313 e. The van der Waals surface area contributed by atoms with Crippen molar-refractivity contribution in [1.29, 1.82) is 0 Å². The van der Waals surface area contributed by atoms with Gasteiger partial charge in [0.15, 0.2) is 0 Å². The highest BCUT2D eigenvalue weighted by Gasteiger charge is 2.70. The molecule has 0 radical (unpaired) electrons. The van der Waals surface area contributed by atoms with Crippen molar-refractivity contribution in [2.24, 2.45) is 5.92 Å². The van der Waals surface area contributed by atoms with Crippen molar-refractivity contribution in [2.45, 2.75) is 38.0 Å². The Morgan fingerprint density at radius 2 is 1.82 bits per heavy atom. The summed E-state index contributed by atoms with van der Waals surface area (Å²) in [5.41, 5.74) is 0. The Hall–Kier alpha value is -0.280. The molecule has 0 aromatic rings. The smallest absolute Gasteiger partial charge is 0.200 e. The molecule has 66 valence electrons. The quantitative estimate of drug-likeness (QED) is 0.558. The van der Waals surface area contributed by atoms with Crippen LogP contribution >= 0.6 is 0 Å². The van der Waals surface area contributed by atoms with E-state index in [1.807, 2.05) is 0 Å². The van der Waals surface area contributed by atoms with Crippen molar-refractivity contribution in [3.63, 3.8) is 0 Å². The average molecular weight is 170 g/mol. The van der Waals surface area contributed by atoms with Gasteiger partial charge >= 0.3 is 11.8 Å². The standard InChI is InChI=1S/C7H10F4/c1-2-3-5-4-6(8,9)7(5,10)11/h5H,2-4H2,1H3. The van der Waals surface area contributed by atoms with Crippen molar-refractivity contribution < 1.29 is 17.6 Å². The van der Waals surface area contributed by atoms with Crippen LogP contribution in [-0.4, -0.2) is 11.8 Å². The summed E-state index contributed by atoms with van der Waals surface area (Å²) in [6, 6.07) is 0. The van der Waals surface area contributed by atoms with Gasteiger partial charge in [-0.2, -0.15) is 17.6 Å². The van der Waals surface area contributed by atoms with Crippen molar-refractivity contribution in [3.05, 3.63) is 0 Å². The summed E-state index contributed by atoms with van der Waals surface area (Å²) in [5, 5.41) is 0. The number of hydrogen-bond acceptors (Lipinski definition) is 0. The largest absolute Gasteiger partial charge is 0.313 e. The van der Waals surface area contributed by atoms with E-state index in [1.165, 1.54) is 0 Å². The van der Waals surface area contributed by atoms with Gasteiger partial charge < -0.3 is 0 Å². The minimum absolute atomic E-state index is 0.197. The van der Waals surface area contributed by atoms with Crippen LogP contribution in [-0.2, 0) is 0 Å². The van der Waals surface area contributed by atoms with Gasteiger partial charge in [0.05, 0.1) is 0 Å². The maximum atomic E-state index is 12.4. The van der Waals surface area contributed by atoms with E-state index in [0.29, 0.717) is 6.42 Å². The Labute approximate surface area is 62.6 Å². The van der Waals surface area contributed by atoms with E-state index >= 15 is 0 Å². The molecule has 0 bridgehead atoms. The summed E-state index contributed by atoms with van der Waals surface area (Å²) in [7, 11) is 0. The summed E-state index contributed by atoms with van der Waals surface area (Å²) >= 11 is 0. The van der Waals surface area contributed by atoms with E-state index in [1.54, 1.807) is 6.92 Å². The van der Waals surface area contributed by atoms with Gasteiger partial charge in [-0.1, -0.05) is 13.3 Å². The second kappa shape index (κ2) is 2.35. The summed E-state index contributed by atoms with van der Waals surface area (Å²) in [6.07, 6.45) is 0.0900. The molecule has 1 fully saturated rings. The third-order valence-electron chi connectivity index (χ3n) is 2.14. The monoisotopic (exact) mass is 170 g/mol. The first kappa shape index (κ1) is 8.81. The molecular formula is C7H10F4. The second-order valence-corrected chi connectivity index (χ2v) is 3.02. The molecule has 0 N–H and O–H groups in total. The first-order valence-corrected chi connectivity index (χ1v) is 3.67. The third kappa shape index (κ3) is 1.12. The zero-order valence-corrected chi connectivity index (χ0v) is 6.21. The van der Waals surface area contributed by atoms with Crippen LogP contribution in [0.5, 0.6) is 0 Å². The van der Waals surface area contributed by atoms with Gasteiger partial charge in [-0.15, -0.1) is 0 Å². The fourth-order valence-electron chi connectivity index (χ4n) is 1.37. The van der Waals surface area contributed by atoms with Crippen LogP contribution in [0.1, 0.15) is 26.2 Å². The molecule has 0 heterocycles. The van der Waals surface area contributed by atoms with Crippen molar-refractivity contribution >= 4 is 0 Å². The first-order valence-electron chi connectivity index (χ1n) is 3.67. The molecule has 0 aliphatic heterocycles. The van der Waals surface area contributed by atoms with Crippen LogP contribution in [0.15, 0.2) is 0 Å². The Morgan fingerprint density at radius 3 is 2.09 bits per heavy atom. The minimum Gasteiger partial charge on any atom is -0.200 e. The van der Waals surface area contributed by atoms with Gasteiger partial charge in [0, 0.05) is 12.3 Å². The first-order chi connectivity index (χ1) is 4.92. The molecule has 0 saturated heterocycles. The molecule has 1 atom stereocenters. The average Bonchev–Trinajstić information content (AvgIpc) is 1.87. The Balaban J connectivity index is 2.54. The lowest BCUT2D eigenvalue weighted by Gasteiger charge is -2.43. The lowest BCUT2D eigenvalue weighted by atomic mass is 9.74. The van der Waals surface area contributed by atoms with Gasteiger partial charge in [0.25, 0.3) is 0 Å². The lowest BCUT2D eigenvalue weighted by molar-refractivity contribution is -0.314. The Kier molecular flexibility index (Phi) is 1.89. The normalized spacial score (nSPS) is 33.0. The van der Waals surface area contributed by atoms with Gasteiger partial charge in [0.1, 0.15) is 0 Å². The molecule has 1 aliphatic carbocycles. The van der Waals surface area contributed by atoms with E-state index in [0.717, 1.165) is 0 Å². The topological polar surface area (TPSA) is 0 Å². The molecule has 1 unspecified atom stereocenters. The lowest BCUT2D eigenvalue weighted by Crippen LogP contribution is -2.58. The predicted molar refractivity (Wildman–Crippen MR) is 32.9 cm³/mol. The van der Waals surface area contributed by atoms with Gasteiger partial charge in [-0.25, -0.2) is 0 Å². The fourth-order valence-corrected chi connectivity index (χ4v) is 1.37. The molecule has 1 saturated carbocycles. The number of alkyl halides is 4. The molecule has 0 nitrogen and oxygen atoms in total. The molecule has 0 spiro atoms. The van der Waals surface area contributed by atoms with E-state index in [9.17, 15) is 17.6 Å². The summed E-state index contributed by atoms with van der Waals surface area (Å²) in [6.45, 7) is 1.71. The van der Waals surface area contributed by atoms with Gasteiger partial charge in [-0.05, 0) is 6.42 Å². The van der Waals surface area contributed by atoms with Crippen molar-refractivity contribution in [3.8, 4) is 0 Å². The molecule has 1 rings (SSSR count). The fraction of sp³-hybridized carbons (Fsp3) is 1.00. The van der Waals surface area contributed by atoms with Crippen LogP contribution in [0, 0.1) is 5.92 Å². The predicted octanol–water partition coefficient (Wildman–Crippen LogP) is 3.08. The maximum absolute atomic E-state index is 12.4. The minimum atomic E-state index is -3.75. The SMILES string of the molecule is CCCC1CC(F)(F)C1(F)F. The molecule has 0 aromatic carbocycles. The van der Waals surface area contributed by atoms with Crippen molar-refractivity contribution in [1.82, 2.24) is 0 Å². The molecule has 1 aliphatic rings. The molecular weight excluding hydrogens is 160 g/mol. The number of hydrogen-bond donors (Lipinski definition) is 0. The van der Waals surface area contributed by atoms with Crippen LogP contribution in [0.4, 0.5) is 17.6 Å². The molecule has 0 amide bonds. The Morgan fingerprint density at radius 1 is 1.27 bits per heavy atom. The third-order valence-corrected chi connectivity index (χ3v) is 2.14. The van der Waals surface area contributed by atoms with Crippen LogP contribution in [0.2, 0.25) is 0 Å². The second-order valence-electron chi connectivity index (χ2n) is 3.02. The highest BCUT2D eigenvalue weighted by molar-refractivity contribution is 5.02. The van der Waals surface area contributed by atoms with Crippen molar-refractivity contribution in [2.75, 3.05) is 0 Å². The summed E-state index contributed by atoms with van der Waals surface area (Å²) in [4.78, 5) is 0. The van der Waals surface area contributed by atoms with Crippen LogP contribution in [0.25, 0.3) is 0 Å². The van der Waals surface area contributed by atoms with E-state index in [-0.39, 0.29) is 6.42 Å². The zero-order valence-electron chi connectivity index (χ0n) is 6.21. The molecule has 11 heavy (non-hydrogen) atoms. The van der Waals surface area contributed by atoms with E-state index in [2.05, 4.69) is 0 Å². The summed E-state index contributed by atoms with van der Waals surface area (Å²) in [5.74, 6) is -8.59. The summed E-state index contributed by atoms with van der Waals surface area (Å²) < 4.78 is 49.1. The highest BCUT2D eigenvalue weighted by Crippen LogP contribution is 2.56. The highest BCUT2D eigenvalue weighted by atomic mass is 19.3. The molecule has 0 aromatic heterocycles. The van der Waals surface area contributed by atoms with Gasteiger partial charge in [-0.3, -0.25) is 0 Å². The zero-order chi connectivity index (χ0) is 8.70. The van der Waals surface area contributed by atoms with E-state index in [4.69, 9.17) is 0 Å². The number of rotatable bonds is 2. The Bertz CT molecular complexity index is 153. The molecule has 4 heteroatoms. The van der Waals surface area contributed by atoms with Gasteiger partial charge in [0.2, 0.25) is 0 Å². The number of halogens is 4. The van der Waals surface area contributed by atoms with E-state index < -0.39 is 24.2 Å². The van der Waals surface area contributed by atoms with Crippen LogP contribution in [0.3, 0.4) is 0 Å².